The SMILES string of the molecule is CC1=C(c2ccccc2)S(=O)(=O)N=C1N1CCC(NC(=O)COc2ccccc2)CC1. The summed E-state index contributed by atoms with van der Waals surface area (Å²) in [4.78, 5) is 14.5. The van der Waals surface area contributed by atoms with Gasteiger partial charge in [-0.15, -0.1) is 4.40 Å². The number of likely N-dealkylation sites (tertiary alicyclic amines) is 1. The van der Waals surface area contributed by atoms with Crippen LogP contribution in [0.5, 0.6) is 5.75 Å². The van der Waals surface area contributed by atoms with E-state index in [1.165, 1.54) is 0 Å². The molecule has 2 heterocycles. The van der Waals surface area contributed by atoms with Crippen molar-refractivity contribution in [2.75, 3.05) is 19.7 Å². The lowest BCUT2D eigenvalue weighted by atomic mass is 10.0. The van der Waals surface area contributed by atoms with E-state index in [1.807, 2.05) is 53.4 Å². The lowest BCUT2D eigenvalue weighted by Gasteiger charge is -2.33. The molecule has 31 heavy (non-hydrogen) atoms. The lowest BCUT2D eigenvalue weighted by molar-refractivity contribution is -0.124. The highest BCUT2D eigenvalue weighted by atomic mass is 32.2. The molecule has 0 aromatic heterocycles. The number of hydrogen-bond donors (Lipinski definition) is 1. The van der Waals surface area contributed by atoms with Crippen LogP contribution in [0.2, 0.25) is 0 Å². The topological polar surface area (TPSA) is 88.1 Å². The van der Waals surface area contributed by atoms with Crippen LogP contribution >= 0.6 is 0 Å². The third-order valence-electron chi connectivity index (χ3n) is 5.45. The maximum atomic E-state index is 12.7. The van der Waals surface area contributed by atoms with Gasteiger partial charge in [0.15, 0.2) is 6.61 Å². The first-order valence-corrected chi connectivity index (χ1v) is 11.7. The first kappa shape index (κ1) is 21.1. The van der Waals surface area contributed by atoms with Gasteiger partial charge in [-0.05, 0) is 37.5 Å². The van der Waals surface area contributed by atoms with Crippen molar-refractivity contribution in [2.45, 2.75) is 25.8 Å². The second kappa shape index (κ2) is 8.93. The van der Waals surface area contributed by atoms with Crippen molar-refractivity contribution in [2.24, 2.45) is 4.40 Å². The van der Waals surface area contributed by atoms with Gasteiger partial charge in [0.25, 0.3) is 15.9 Å². The van der Waals surface area contributed by atoms with Crippen LogP contribution < -0.4 is 10.1 Å². The second-order valence-corrected chi connectivity index (χ2v) is 9.18. The molecule has 0 saturated carbocycles. The van der Waals surface area contributed by atoms with Gasteiger partial charge in [-0.3, -0.25) is 4.79 Å². The van der Waals surface area contributed by atoms with E-state index in [1.54, 1.807) is 19.1 Å². The average Bonchev–Trinajstić information content (AvgIpc) is 3.02. The normalized spacial score (nSPS) is 18.6. The van der Waals surface area contributed by atoms with E-state index in [-0.39, 0.29) is 23.5 Å². The molecule has 1 fully saturated rings. The van der Waals surface area contributed by atoms with Crippen molar-refractivity contribution in [3.8, 4) is 5.75 Å². The molecule has 0 atom stereocenters. The van der Waals surface area contributed by atoms with E-state index < -0.39 is 10.0 Å². The monoisotopic (exact) mass is 439 g/mol. The number of nitrogens with zero attached hydrogens (tertiary/aromatic N) is 2. The third-order valence-corrected chi connectivity index (χ3v) is 6.92. The van der Waals surface area contributed by atoms with Crippen LogP contribution in [0.25, 0.3) is 4.91 Å². The van der Waals surface area contributed by atoms with Crippen molar-refractivity contribution < 1.29 is 17.9 Å². The quantitative estimate of drug-likeness (QED) is 0.774. The fourth-order valence-electron chi connectivity index (χ4n) is 3.94. The molecule has 8 heteroatoms. The summed E-state index contributed by atoms with van der Waals surface area (Å²) in [7, 11) is -3.71. The number of amidine groups is 1. The number of para-hydroxylation sites is 1. The molecule has 7 nitrogen and oxygen atoms in total. The van der Waals surface area contributed by atoms with Gasteiger partial charge in [0.2, 0.25) is 0 Å². The number of amides is 1. The minimum absolute atomic E-state index is 0.0274. The van der Waals surface area contributed by atoms with Gasteiger partial charge < -0.3 is 15.0 Å². The number of nitrogens with one attached hydrogen (secondary N) is 1. The summed E-state index contributed by atoms with van der Waals surface area (Å²) in [6.07, 6.45) is 1.42. The molecule has 1 amide bonds. The molecular weight excluding hydrogens is 414 g/mol. The van der Waals surface area contributed by atoms with Gasteiger partial charge in [-0.1, -0.05) is 48.5 Å². The minimum Gasteiger partial charge on any atom is -0.484 e. The van der Waals surface area contributed by atoms with Crippen molar-refractivity contribution in [1.82, 2.24) is 10.2 Å². The largest absolute Gasteiger partial charge is 0.484 e. The van der Waals surface area contributed by atoms with Crippen LogP contribution in [-0.2, 0) is 14.8 Å². The fourth-order valence-corrected chi connectivity index (χ4v) is 5.43. The number of ether oxygens (including phenoxy) is 1. The summed E-state index contributed by atoms with van der Waals surface area (Å²) < 4.78 is 34.9. The maximum absolute atomic E-state index is 12.7. The molecule has 0 spiro atoms. The van der Waals surface area contributed by atoms with Crippen molar-refractivity contribution in [1.29, 1.82) is 0 Å². The van der Waals surface area contributed by atoms with E-state index in [9.17, 15) is 13.2 Å². The standard InChI is InChI=1S/C23H25N3O4S/c1-17-22(18-8-4-2-5-9-18)31(28,29)25-23(17)26-14-12-19(13-15-26)24-21(27)16-30-20-10-6-3-7-11-20/h2-11,19H,12-16H2,1H3,(H,24,27). The van der Waals surface area contributed by atoms with Crippen LogP contribution in [0.3, 0.4) is 0 Å². The van der Waals surface area contributed by atoms with E-state index >= 15 is 0 Å². The van der Waals surface area contributed by atoms with Gasteiger partial charge in [-0.25, -0.2) is 0 Å². The van der Waals surface area contributed by atoms with Crippen molar-refractivity contribution in [3.63, 3.8) is 0 Å². The first-order chi connectivity index (χ1) is 14.9. The van der Waals surface area contributed by atoms with E-state index in [4.69, 9.17) is 4.74 Å². The van der Waals surface area contributed by atoms with Crippen LogP contribution in [0.4, 0.5) is 0 Å². The van der Waals surface area contributed by atoms with Gasteiger partial charge in [0.05, 0.1) is 0 Å². The Kier molecular flexibility index (Phi) is 6.08. The summed E-state index contributed by atoms with van der Waals surface area (Å²) in [5.41, 5.74) is 1.32. The Morgan fingerprint density at radius 3 is 2.32 bits per heavy atom. The molecule has 0 unspecified atom stereocenters. The predicted molar refractivity (Wildman–Crippen MR) is 120 cm³/mol. The minimum atomic E-state index is -3.71. The molecule has 2 aliphatic heterocycles. The highest BCUT2D eigenvalue weighted by molar-refractivity contribution is 8.00. The third kappa shape index (κ3) is 4.80. The number of carbonyl (C=O) groups is 1. The van der Waals surface area contributed by atoms with E-state index in [0.29, 0.717) is 48.7 Å². The Labute approximate surface area is 182 Å². The van der Waals surface area contributed by atoms with Crippen molar-refractivity contribution in [3.05, 3.63) is 71.8 Å². The summed E-state index contributed by atoms with van der Waals surface area (Å²) in [6, 6.07) is 18.3. The van der Waals surface area contributed by atoms with Crippen LogP contribution in [-0.4, -0.2) is 50.8 Å². The van der Waals surface area contributed by atoms with Crippen LogP contribution in [0.15, 0.2) is 70.6 Å². The second-order valence-electron chi connectivity index (χ2n) is 7.64. The van der Waals surface area contributed by atoms with Gasteiger partial charge in [0, 0.05) is 24.7 Å². The highest BCUT2D eigenvalue weighted by Crippen LogP contribution is 2.34. The van der Waals surface area contributed by atoms with E-state index in [0.717, 1.165) is 0 Å². The van der Waals surface area contributed by atoms with Gasteiger partial charge in [-0.2, -0.15) is 8.42 Å². The molecule has 0 aliphatic carbocycles. The summed E-state index contributed by atoms with van der Waals surface area (Å²) in [6.45, 7) is 3.02. The number of hydrogen-bond acceptors (Lipinski definition) is 5. The number of carbonyl (C=O) groups excluding carboxylic acids is 1. The zero-order valence-corrected chi connectivity index (χ0v) is 18.1. The lowest BCUT2D eigenvalue weighted by Crippen LogP contribution is -2.47. The Hall–Kier alpha value is -3.13. The molecule has 1 N–H and O–H groups in total. The Balaban J connectivity index is 1.34. The van der Waals surface area contributed by atoms with E-state index in [2.05, 4.69) is 9.71 Å². The molecule has 2 aromatic rings. The Morgan fingerprint density at radius 2 is 1.68 bits per heavy atom. The number of piperidine rings is 1. The maximum Gasteiger partial charge on any atom is 0.285 e. The zero-order valence-electron chi connectivity index (χ0n) is 17.3. The highest BCUT2D eigenvalue weighted by Gasteiger charge is 2.34. The molecule has 4 rings (SSSR count). The molecule has 0 radical (unpaired) electrons. The fraction of sp³-hybridized carbons (Fsp3) is 0.304. The number of benzene rings is 2. The molecule has 162 valence electrons. The molecule has 2 aliphatic rings. The number of rotatable bonds is 5. The van der Waals surface area contributed by atoms with Gasteiger partial charge >= 0.3 is 0 Å². The van der Waals surface area contributed by atoms with Gasteiger partial charge in [0.1, 0.15) is 16.5 Å². The van der Waals surface area contributed by atoms with Crippen LogP contribution in [0, 0.1) is 0 Å². The molecule has 2 aromatic carbocycles. The van der Waals surface area contributed by atoms with Crippen molar-refractivity contribution >= 4 is 26.7 Å². The summed E-state index contributed by atoms with van der Waals surface area (Å²) in [5.74, 6) is 1.01. The summed E-state index contributed by atoms with van der Waals surface area (Å²) >= 11 is 0. The molecule has 0 bridgehead atoms. The smallest absolute Gasteiger partial charge is 0.285 e. The Bertz CT molecular complexity index is 1100. The summed E-state index contributed by atoms with van der Waals surface area (Å²) in [5, 5.41) is 3.00. The first-order valence-electron chi connectivity index (χ1n) is 10.3. The average molecular weight is 440 g/mol. The predicted octanol–water partition coefficient (Wildman–Crippen LogP) is 2.82. The molecule has 1 saturated heterocycles. The number of sulfonamides is 1. The zero-order chi connectivity index (χ0) is 21.8. The molecular formula is C23H25N3O4S. The Morgan fingerprint density at radius 1 is 1.06 bits per heavy atom. The van der Waals surface area contributed by atoms with Crippen LogP contribution in [0.1, 0.15) is 25.3 Å².